The summed E-state index contributed by atoms with van der Waals surface area (Å²) >= 11 is 0. The minimum atomic E-state index is -0.180. The Bertz CT molecular complexity index is 392. The predicted octanol–water partition coefficient (Wildman–Crippen LogP) is 1.76. The van der Waals surface area contributed by atoms with Crippen molar-refractivity contribution in [3.05, 3.63) is 17.5 Å². The molecule has 0 amide bonds. The van der Waals surface area contributed by atoms with E-state index < -0.39 is 0 Å². The van der Waals surface area contributed by atoms with Gasteiger partial charge in [0.2, 0.25) is 0 Å². The summed E-state index contributed by atoms with van der Waals surface area (Å²) in [6, 6.07) is 2.04. The summed E-state index contributed by atoms with van der Waals surface area (Å²) in [7, 11) is 0. The highest BCUT2D eigenvalue weighted by Crippen LogP contribution is 2.16. The molecule has 0 N–H and O–H groups in total. The third-order valence-corrected chi connectivity index (χ3v) is 3.22. The van der Waals surface area contributed by atoms with Gasteiger partial charge in [0, 0.05) is 18.8 Å². The van der Waals surface area contributed by atoms with E-state index in [1.165, 1.54) is 0 Å². The maximum atomic E-state index is 12.0. The van der Waals surface area contributed by atoms with Crippen LogP contribution in [0.4, 0.5) is 0 Å². The second kappa shape index (κ2) is 5.45. The van der Waals surface area contributed by atoms with E-state index in [9.17, 15) is 4.79 Å². The number of hydrogen-bond donors (Lipinski definition) is 0. The largest absolute Gasteiger partial charge is 0.370 e. The third-order valence-electron chi connectivity index (χ3n) is 3.22. The Kier molecular flexibility index (Phi) is 3.94. The van der Waals surface area contributed by atoms with Gasteiger partial charge >= 0.3 is 0 Å². The van der Waals surface area contributed by atoms with Crippen molar-refractivity contribution in [2.45, 2.75) is 52.2 Å². The van der Waals surface area contributed by atoms with Crippen LogP contribution in [-0.4, -0.2) is 28.3 Å². The van der Waals surface area contributed by atoms with Crippen LogP contribution in [0.2, 0.25) is 0 Å². The molecule has 0 spiro atoms. The summed E-state index contributed by atoms with van der Waals surface area (Å²) in [5.74, 6) is 0.194. The number of ketones is 1. The van der Waals surface area contributed by atoms with E-state index in [1.54, 1.807) is 0 Å². The van der Waals surface area contributed by atoms with Gasteiger partial charge in [-0.3, -0.25) is 9.48 Å². The van der Waals surface area contributed by atoms with Crippen molar-refractivity contribution in [2.24, 2.45) is 0 Å². The summed E-state index contributed by atoms with van der Waals surface area (Å²) < 4.78 is 7.34. The Morgan fingerprint density at radius 3 is 3.00 bits per heavy atom. The van der Waals surface area contributed by atoms with Gasteiger partial charge in [0.25, 0.3) is 0 Å². The number of rotatable bonds is 5. The molecule has 2 heterocycles. The van der Waals surface area contributed by atoms with Gasteiger partial charge in [-0.25, -0.2) is 0 Å². The number of Topliss-reactive ketones (excluding diaryl/α,β-unsaturated/α-hetero) is 1. The molecule has 4 heteroatoms. The van der Waals surface area contributed by atoms with E-state index in [4.69, 9.17) is 4.74 Å². The smallest absolute Gasteiger partial charge is 0.167 e. The highest BCUT2D eigenvalue weighted by atomic mass is 16.5. The number of aryl methyl sites for hydroxylation is 2. The zero-order chi connectivity index (χ0) is 12.3. The SMILES string of the molecule is CCc1cc(CC(=O)C2CCCO2)n(CC)n1. The fourth-order valence-electron chi connectivity index (χ4n) is 2.23. The van der Waals surface area contributed by atoms with Gasteiger partial charge in [0.05, 0.1) is 12.1 Å². The van der Waals surface area contributed by atoms with Crippen molar-refractivity contribution in [3.8, 4) is 0 Å². The van der Waals surface area contributed by atoms with Gasteiger partial charge in [0.1, 0.15) is 6.10 Å². The molecule has 0 aliphatic carbocycles. The van der Waals surface area contributed by atoms with Crippen LogP contribution in [0.1, 0.15) is 38.1 Å². The molecule has 1 saturated heterocycles. The Morgan fingerprint density at radius 2 is 2.41 bits per heavy atom. The molecule has 1 aliphatic rings. The topological polar surface area (TPSA) is 44.1 Å². The first-order chi connectivity index (χ1) is 8.24. The number of ether oxygens (including phenoxy) is 1. The normalized spacial score (nSPS) is 19.8. The standard InChI is InChI=1S/C13H20N2O2/c1-3-10-8-11(15(4-2)14-10)9-12(16)13-6-5-7-17-13/h8,13H,3-7,9H2,1-2H3. The van der Waals surface area contributed by atoms with E-state index in [2.05, 4.69) is 12.0 Å². The first kappa shape index (κ1) is 12.3. The van der Waals surface area contributed by atoms with E-state index >= 15 is 0 Å². The zero-order valence-corrected chi connectivity index (χ0v) is 10.6. The first-order valence-electron chi connectivity index (χ1n) is 6.44. The second-order valence-corrected chi connectivity index (χ2v) is 4.44. The van der Waals surface area contributed by atoms with Crippen molar-refractivity contribution in [2.75, 3.05) is 6.61 Å². The highest BCUT2D eigenvalue weighted by molar-refractivity contribution is 5.85. The highest BCUT2D eigenvalue weighted by Gasteiger charge is 2.24. The van der Waals surface area contributed by atoms with Gasteiger partial charge in [-0.15, -0.1) is 0 Å². The molecule has 0 radical (unpaired) electrons. The maximum Gasteiger partial charge on any atom is 0.167 e. The van der Waals surface area contributed by atoms with E-state index in [0.29, 0.717) is 6.42 Å². The van der Waals surface area contributed by atoms with Crippen LogP contribution in [-0.2, 0) is 28.9 Å². The molecule has 0 bridgehead atoms. The minimum absolute atomic E-state index is 0.180. The number of hydrogen-bond acceptors (Lipinski definition) is 3. The third kappa shape index (κ3) is 2.75. The average molecular weight is 236 g/mol. The average Bonchev–Trinajstić information content (AvgIpc) is 2.97. The van der Waals surface area contributed by atoms with E-state index in [-0.39, 0.29) is 11.9 Å². The number of carbonyl (C=O) groups excluding carboxylic acids is 1. The number of nitrogens with zero attached hydrogens (tertiary/aromatic N) is 2. The summed E-state index contributed by atoms with van der Waals surface area (Å²) in [4.78, 5) is 12.0. The molecule has 94 valence electrons. The maximum absolute atomic E-state index is 12.0. The van der Waals surface area contributed by atoms with Gasteiger partial charge < -0.3 is 4.74 Å². The quantitative estimate of drug-likeness (QED) is 0.782. The van der Waals surface area contributed by atoms with Crippen molar-refractivity contribution in [1.82, 2.24) is 9.78 Å². The fraction of sp³-hybridized carbons (Fsp3) is 0.692. The molecule has 1 aromatic rings. The lowest BCUT2D eigenvalue weighted by Crippen LogP contribution is -2.22. The van der Waals surface area contributed by atoms with Crippen LogP contribution in [0.5, 0.6) is 0 Å². The molecular weight excluding hydrogens is 216 g/mol. The Labute approximate surface area is 102 Å². The van der Waals surface area contributed by atoms with Crippen LogP contribution in [0.25, 0.3) is 0 Å². The van der Waals surface area contributed by atoms with E-state index in [1.807, 2.05) is 17.7 Å². The van der Waals surface area contributed by atoms with Gasteiger partial charge in [0.15, 0.2) is 5.78 Å². The Balaban J connectivity index is 2.06. The summed E-state index contributed by atoms with van der Waals surface area (Å²) in [5.41, 5.74) is 2.08. The first-order valence-corrected chi connectivity index (χ1v) is 6.44. The van der Waals surface area contributed by atoms with Gasteiger partial charge in [-0.1, -0.05) is 6.92 Å². The molecule has 0 aromatic carbocycles. The van der Waals surface area contributed by atoms with Crippen LogP contribution < -0.4 is 0 Å². The van der Waals surface area contributed by atoms with Crippen LogP contribution in [0.3, 0.4) is 0 Å². The van der Waals surface area contributed by atoms with Crippen molar-refractivity contribution in [1.29, 1.82) is 0 Å². The monoisotopic (exact) mass is 236 g/mol. The van der Waals surface area contributed by atoms with Gasteiger partial charge in [-0.2, -0.15) is 5.10 Å². The zero-order valence-electron chi connectivity index (χ0n) is 10.6. The van der Waals surface area contributed by atoms with Crippen molar-refractivity contribution in [3.63, 3.8) is 0 Å². The number of aromatic nitrogens is 2. The summed E-state index contributed by atoms with van der Waals surface area (Å²) in [6.07, 6.45) is 3.06. The number of carbonyl (C=O) groups is 1. The fourth-order valence-corrected chi connectivity index (χ4v) is 2.23. The molecule has 17 heavy (non-hydrogen) atoms. The summed E-state index contributed by atoms with van der Waals surface area (Å²) in [5, 5.41) is 4.45. The van der Waals surface area contributed by atoms with Crippen molar-refractivity contribution < 1.29 is 9.53 Å². The predicted molar refractivity (Wildman–Crippen MR) is 65.0 cm³/mol. The lowest BCUT2D eigenvalue weighted by molar-refractivity contribution is -0.127. The molecule has 1 fully saturated rings. The second-order valence-electron chi connectivity index (χ2n) is 4.44. The van der Waals surface area contributed by atoms with Crippen LogP contribution in [0, 0.1) is 0 Å². The van der Waals surface area contributed by atoms with Crippen LogP contribution in [0.15, 0.2) is 6.07 Å². The Morgan fingerprint density at radius 1 is 1.59 bits per heavy atom. The molecule has 0 saturated carbocycles. The Hall–Kier alpha value is -1.16. The van der Waals surface area contributed by atoms with Crippen molar-refractivity contribution >= 4 is 5.78 Å². The van der Waals surface area contributed by atoms with Gasteiger partial charge in [-0.05, 0) is 32.3 Å². The molecule has 2 rings (SSSR count). The molecule has 1 aromatic heterocycles. The molecule has 1 aliphatic heterocycles. The molecular formula is C13H20N2O2. The van der Waals surface area contributed by atoms with E-state index in [0.717, 1.165) is 43.8 Å². The molecule has 1 atom stereocenters. The molecule has 4 nitrogen and oxygen atoms in total. The lowest BCUT2D eigenvalue weighted by Gasteiger charge is -2.08. The van der Waals surface area contributed by atoms with Crippen LogP contribution >= 0.6 is 0 Å². The summed E-state index contributed by atoms with van der Waals surface area (Å²) in [6.45, 7) is 5.66. The minimum Gasteiger partial charge on any atom is -0.370 e. The molecule has 1 unspecified atom stereocenters. The lowest BCUT2D eigenvalue weighted by atomic mass is 10.1.